The van der Waals surface area contributed by atoms with Gasteiger partial charge in [0.05, 0.1) is 5.69 Å². The minimum absolute atomic E-state index is 0.105. The third-order valence-corrected chi connectivity index (χ3v) is 5.90. The highest BCUT2D eigenvalue weighted by Gasteiger charge is 2.11. The fourth-order valence-electron chi connectivity index (χ4n) is 3.38. The van der Waals surface area contributed by atoms with E-state index in [-0.39, 0.29) is 5.91 Å². The van der Waals surface area contributed by atoms with Gasteiger partial charge >= 0.3 is 0 Å². The molecule has 0 unspecified atom stereocenters. The second kappa shape index (κ2) is 8.45. The highest BCUT2D eigenvalue weighted by Crippen LogP contribution is 2.28. The Bertz CT molecular complexity index is 1130. The Morgan fingerprint density at radius 2 is 1.69 bits per heavy atom. The molecule has 0 spiro atoms. The largest absolute Gasteiger partial charge is 0.349 e. The standard InChI is InChI=1S/C24H23N3OS/c1-3-27(4-2)24-26-22(16-29-24)18-12-14-19(15-13-18)25-23(28)21-11-7-9-17-8-5-6-10-20(17)21/h5-16H,3-4H2,1-2H3,(H,25,28). The number of fused-ring (bicyclic) bond motifs is 1. The topological polar surface area (TPSA) is 45.2 Å². The zero-order valence-electron chi connectivity index (χ0n) is 16.6. The van der Waals surface area contributed by atoms with Crippen molar-refractivity contribution in [3.05, 3.63) is 77.7 Å². The lowest BCUT2D eigenvalue weighted by Crippen LogP contribution is -2.21. The summed E-state index contributed by atoms with van der Waals surface area (Å²) in [6.45, 7) is 6.17. The Morgan fingerprint density at radius 1 is 0.966 bits per heavy atom. The van der Waals surface area contributed by atoms with Gasteiger partial charge in [-0.15, -0.1) is 11.3 Å². The van der Waals surface area contributed by atoms with Gasteiger partial charge in [-0.05, 0) is 42.8 Å². The Hall–Kier alpha value is -3.18. The molecule has 1 aromatic heterocycles. The van der Waals surface area contributed by atoms with E-state index >= 15 is 0 Å². The number of benzene rings is 3. The van der Waals surface area contributed by atoms with E-state index in [1.165, 1.54) is 0 Å². The number of nitrogens with one attached hydrogen (secondary N) is 1. The molecule has 0 saturated carbocycles. The Kier molecular flexibility index (Phi) is 5.58. The number of aromatic nitrogens is 1. The highest BCUT2D eigenvalue weighted by atomic mass is 32.1. The van der Waals surface area contributed by atoms with E-state index in [1.807, 2.05) is 66.7 Å². The Balaban J connectivity index is 1.52. The molecule has 4 nitrogen and oxygen atoms in total. The lowest BCUT2D eigenvalue weighted by Gasteiger charge is -2.16. The van der Waals surface area contributed by atoms with Crippen LogP contribution in [0.1, 0.15) is 24.2 Å². The van der Waals surface area contributed by atoms with E-state index < -0.39 is 0 Å². The van der Waals surface area contributed by atoms with E-state index in [0.717, 1.165) is 45.9 Å². The first kappa shape index (κ1) is 19.2. The van der Waals surface area contributed by atoms with Crippen LogP contribution in [0.2, 0.25) is 0 Å². The smallest absolute Gasteiger partial charge is 0.256 e. The summed E-state index contributed by atoms with van der Waals surface area (Å²) in [5, 5.41) is 8.14. The zero-order chi connectivity index (χ0) is 20.2. The lowest BCUT2D eigenvalue weighted by atomic mass is 10.0. The van der Waals surface area contributed by atoms with Crippen molar-refractivity contribution in [3.8, 4) is 11.3 Å². The fourth-order valence-corrected chi connectivity index (χ4v) is 4.35. The van der Waals surface area contributed by atoms with Crippen LogP contribution in [-0.2, 0) is 0 Å². The van der Waals surface area contributed by atoms with Crippen molar-refractivity contribution in [2.45, 2.75) is 13.8 Å². The van der Waals surface area contributed by atoms with Gasteiger partial charge in [-0.25, -0.2) is 4.98 Å². The van der Waals surface area contributed by atoms with E-state index in [9.17, 15) is 4.79 Å². The van der Waals surface area contributed by atoms with E-state index in [0.29, 0.717) is 5.56 Å². The molecule has 0 bridgehead atoms. The maximum absolute atomic E-state index is 12.8. The SMILES string of the molecule is CCN(CC)c1nc(-c2ccc(NC(=O)c3cccc4ccccc34)cc2)cs1. The first-order valence-corrected chi connectivity index (χ1v) is 10.7. The van der Waals surface area contributed by atoms with Gasteiger partial charge in [0.1, 0.15) is 0 Å². The lowest BCUT2D eigenvalue weighted by molar-refractivity contribution is 0.102. The molecule has 146 valence electrons. The molecule has 1 heterocycles. The molecule has 4 aromatic rings. The van der Waals surface area contributed by atoms with E-state index in [4.69, 9.17) is 4.98 Å². The summed E-state index contributed by atoms with van der Waals surface area (Å²) in [7, 11) is 0. The summed E-state index contributed by atoms with van der Waals surface area (Å²) < 4.78 is 0. The molecule has 0 aliphatic heterocycles. The molecule has 1 N–H and O–H groups in total. The summed E-state index contributed by atoms with van der Waals surface area (Å²) in [6.07, 6.45) is 0. The quantitative estimate of drug-likeness (QED) is 0.427. The maximum Gasteiger partial charge on any atom is 0.256 e. The van der Waals surface area contributed by atoms with Crippen molar-refractivity contribution < 1.29 is 4.79 Å². The second-order valence-corrected chi connectivity index (χ2v) is 7.58. The predicted octanol–water partition coefficient (Wildman–Crippen LogP) is 6.06. The minimum Gasteiger partial charge on any atom is -0.349 e. The summed E-state index contributed by atoms with van der Waals surface area (Å²) in [5.41, 5.74) is 3.45. The molecular weight excluding hydrogens is 378 g/mol. The minimum atomic E-state index is -0.105. The van der Waals surface area contributed by atoms with E-state index in [2.05, 4.69) is 29.4 Å². The number of hydrogen-bond donors (Lipinski definition) is 1. The van der Waals surface area contributed by atoms with Crippen LogP contribution in [0.25, 0.3) is 22.0 Å². The van der Waals surface area contributed by atoms with Gasteiger partial charge in [0.2, 0.25) is 0 Å². The molecule has 1 amide bonds. The molecule has 4 rings (SSSR count). The summed E-state index contributed by atoms with van der Waals surface area (Å²) in [6, 6.07) is 21.6. The molecule has 3 aromatic carbocycles. The molecular formula is C24H23N3OS. The summed E-state index contributed by atoms with van der Waals surface area (Å²) in [5.74, 6) is -0.105. The molecule has 0 aliphatic carbocycles. The first-order chi connectivity index (χ1) is 14.2. The van der Waals surface area contributed by atoms with E-state index in [1.54, 1.807) is 11.3 Å². The highest BCUT2D eigenvalue weighted by molar-refractivity contribution is 7.14. The van der Waals surface area contributed by atoms with Crippen LogP contribution in [0.5, 0.6) is 0 Å². The van der Waals surface area contributed by atoms with Crippen LogP contribution in [0, 0.1) is 0 Å². The molecule has 0 aliphatic rings. The van der Waals surface area contributed by atoms with Gasteiger partial charge in [0.15, 0.2) is 5.13 Å². The Morgan fingerprint density at radius 3 is 2.45 bits per heavy atom. The van der Waals surface area contributed by atoms with Gasteiger partial charge in [-0.3, -0.25) is 4.79 Å². The van der Waals surface area contributed by atoms with Gasteiger partial charge in [-0.2, -0.15) is 0 Å². The number of thiazole rings is 1. The zero-order valence-corrected chi connectivity index (χ0v) is 17.4. The summed E-state index contributed by atoms with van der Waals surface area (Å²) in [4.78, 5) is 19.8. The van der Waals surface area contributed by atoms with Gasteiger partial charge < -0.3 is 10.2 Å². The number of nitrogens with zero attached hydrogens (tertiary/aromatic N) is 2. The number of hydrogen-bond acceptors (Lipinski definition) is 4. The third kappa shape index (κ3) is 4.00. The fraction of sp³-hybridized carbons (Fsp3) is 0.167. The van der Waals surface area contributed by atoms with Crippen LogP contribution in [-0.4, -0.2) is 24.0 Å². The number of rotatable bonds is 6. The van der Waals surface area contributed by atoms with Crippen molar-refractivity contribution in [1.29, 1.82) is 0 Å². The molecule has 0 fully saturated rings. The monoisotopic (exact) mass is 401 g/mol. The van der Waals surface area contributed by atoms with Crippen molar-refractivity contribution in [2.24, 2.45) is 0 Å². The second-order valence-electron chi connectivity index (χ2n) is 6.75. The third-order valence-electron chi connectivity index (χ3n) is 5.00. The first-order valence-electron chi connectivity index (χ1n) is 9.79. The van der Waals surface area contributed by atoms with Crippen LogP contribution >= 0.6 is 11.3 Å². The van der Waals surface area contributed by atoms with Crippen molar-refractivity contribution >= 4 is 38.8 Å². The number of carbonyl (C=O) groups excluding carboxylic acids is 1. The average molecular weight is 402 g/mol. The molecule has 0 radical (unpaired) electrons. The van der Waals surface area contributed by atoms with Gasteiger partial charge in [0, 0.05) is 35.3 Å². The van der Waals surface area contributed by atoms with Crippen molar-refractivity contribution in [3.63, 3.8) is 0 Å². The van der Waals surface area contributed by atoms with Crippen LogP contribution in [0.4, 0.5) is 10.8 Å². The number of carbonyl (C=O) groups is 1. The van der Waals surface area contributed by atoms with Crippen molar-refractivity contribution in [1.82, 2.24) is 4.98 Å². The molecule has 29 heavy (non-hydrogen) atoms. The maximum atomic E-state index is 12.8. The van der Waals surface area contributed by atoms with Crippen LogP contribution in [0.15, 0.2) is 72.1 Å². The summed E-state index contributed by atoms with van der Waals surface area (Å²) >= 11 is 1.66. The van der Waals surface area contributed by atoms with Gasteiger partial charge in [-0.1, -0.05) is 48.5 Å². The number of anilines is 2. The molecule has 5 heteroatoms. The van der Waals surface area contributed by atoms with Crippen LogP contribution < -0.4 is 10.2 Å². The normalized spacial score (nSPS) is 10.8. The molecule has 0 atom stereocenters. The predicted molar refractivity (Wildman–Crippen MR) is 123 cm³/mol. The van der Waals surface area contributed by atoms with Crippen molar-refractivity contribution in [2.75, 3.05) is 23.3 Å². The number of amides is 1. The van der Waals surface area contributed by atoms with Gasteiger partial charge in [0.25, 0.3) is 5.91 Å². The molecule has 0 saturated heterocycles. The average Bonchev–Trinajstić information content (AvgIpc) is 3.24. The van der Waals surface area contributed by atoms with Crippen LogP contribution in [0.3, 0.4) is 0 Å². The Labute approximate surface area is 174 Å².